The summed E-state index contributed by atoms with van der Waals surface area (Å²) < 4.78 is 50.0. The van der Waals surface area contributed by atoms with Crippen LogP contribution in [0.4, 0.5) is 10.1 Å². The molecule has 0 spiro atoms. The van der Waals surface area contributed by atoms with Crippen molar-refractivity contribution >= 4 is 32.6 Å². The summed E-state index contributed by atoms with van der Waals surface area (Å²) in [5.41, 5.74) is 3.19. The fourth-order valence-corrected chi connectivity index (χ4v) is 4.85. The van der Waals surface area contributed by atoms with Gasteiger partial charge < -0.3 is 13.9 Å². The summed E-state index contributed by atoms with van der Waals surface area (Å²) in [5.74, 6) is -0.820. The predicted octanol–water partition coefficient (Wildman–Crippen LogP) is 3.70. The van der Waals surface area contributed by atoms with Crippen LogP contribution in [0.5, 0.6) is 0 Å². The van der Waals surface area contributed by atoms with Gasteiger partial charge in [-0.3, -0.25) is 9.52 Å². The normalized spacial score (nSPS) is 11.6. The van der Waals surface area contributed by atoms with Crippen molar-refractivity contribution in [2.45, 2.75) is 31.3 Å². The summed E-state index contributed by atoms with van der Waals surface area (Å²) in [7, 11) is -2.54. The molecule has 0 saturated carbocycles. The van der Waals surface area contributed by atoms with Crippen molar-refractivity contribution in [3.63, 3.8) is 0 Å². The Morgan fingerprint density at radius 2 is 1.94 bits per heavy atom. The third-order valence-corrected chi connectivity index (χ3v) is 6.89. The van der Waals surface area contributed by atoms with Crippen LogP contribution in [0.15, 0.2) is 66.1 Å². The molecular weight excluding hydrogens is 447 g/mol. The molecule has 0 unspecified atom stereocenters. The van der Waals surface area contributed by atoms with E-state index in [0.717, 1.165) is 34.3 Å². The molecule has 33 heavy (non-hydrogen) atoms. The van der Waals surface area contributed by atoms with E-state index in [4.69, 9.17) is 4.74 Å². The van der Waals surface area contributed by atoms with Gasteiger partial charge in [0.1, 0.15) is 5.82 Å². The van der Waals surface area contributed by atoms with Crippen molar-refractivity contribution in [3.8, 4) is 0 Å². The van der Waals surface area contributed by atoms with Gasteiger partial charge in [-0.25, -0.2) is 17.8 Å². The number of carbonyl (C=O) groups excluding carboxylic acids is 1. The number of ether oxygens (including phenoxy) is 1. The summed E-state index contributed by atoms with van der Waals surface area (Å²) in [5, 5.41) is 0.852. The molecule has 0 bridgehead atoms. The average molecular weight is 471 g/mol. The minimum Gasteiger partial charge on any atom is -0.469 e. The monoisotopic (exact) mass is 470 g/mol. The average Bonchev–Trinajstić information content (AvgIpc) is 3.39. The Morgan fingerprint density at radius 1 is 1.18 bits per heavy atom. The Balaban J connectivity index is 1.74. The van der Waals surface area contributed by atoms with Crippen molar-refractivity contribution in [1.29, 1.82) is 0 Å². The number of fused-ring (bicyclic) bond motifs is 1. The lowest BCUT2D eigenvalue weighted by Crippen LogP contribution is -2.13. The van der Waals surface area contributed by atoms with Crippen molar-refractivity contribution in [1.82, 2.24) is 14.1 Å². The zero-order chi connectivity index (χ0) is 23.6. The van der Waals surface area contributed by atoms with Gasteiger partial charge in [0.15, 0.2) is 0 Å². The third-order valence-electron chi connectivity index (χ3n) is 5.50. The van der Waals surface area contributed by atoms with Gasteiger partial charge in [-0.2, -0.15) is 0 Å². The summed E-state index contributed by atoms with van der Waals surface area (Å²) in [4.78, 5) is 15.8. The topological polar surface area (TPSA) is 95.2 Å². The van der Waals surface area contributed by atoms with E-state index in [1.54, 1.807) is 24.7 Å². The number of hydrogen-bond acceptors (Lipinski definition) is 5. The maximum Gasteiger partial charge on any atom is 0.307 e. The number of imidazole rings is 1. The van der Waals surface area contributed by atoms with Crippen molar-refractivity contribution in [2.75, 3.05) is 11.8 Å². The highest BCUT2D eigenvalue weighted by atomic mass is 32.2. The van der Waals surface area contributed by atoms with E-state index in [1.165, 1.54) is 19.2 Å². The number of anilines is 1. The third kappa shape index (κ3) is 4.75. The molecule has 4 rings (SSSR count). The van der Waals surface area contributed by atoms with Gasteiger partial charge >= 0.3 is 5.97 Å². The van der Waals surface area contributed by atoms with E-state index in [0.29, 0.717) is 18.8 Å². The van der Waals surface area contributed by atoms with Crippen LogP contribution < -0.4 is 4.72 Å². The van der Waals surface area contributed by atoms with Gasteiger partial charge in [-0.1, -0.05) is 0 Å². The van der Waals surface area contributed by atoms with Crippen LogP contribution in [0.2, 0.25) is 0 Å². The van der Waals surface area contributed by atoms with Gasteiger partial charge in [0, 0.05) is 46.8 Å². The Hall–Kier alpha value is -3.66. The lowest BCUT2D eigenvalue weighted by atomic mass is 10.1. The first kappa shape index (κ1) is 22.5. The molecule has 1 N–H and O–H groups in total. The van der Waals surface area contributed by atoms with E-state index in [2.05, 4.69) is 9.71 Å². The molecule has 0 aliphatic heterocycles. The lowest BCUT2D eigenvalue weighted by molar-refractivity contribution is -0.140. The number of benzene rings is 2. The quantitative estimate of drug-likeness (QED) is 0.396. The highest BCUT2D eigenvalue weighted by Gasteiger charge is 2.19. The van der Waals surface area contributed by atoms with Crippen LogP contribution in [0.25, 0.3) is 10.9 Å². The van der Waals surface area contributed by atoms with Crippen LogP contribution in [0.3, 0.4) is 0 Å². The van der Waals surface area contributed by atoms with Crippen LogP contribution in [0, 0.1) is 12.7 Å². The number of halogens is 1. The second-order valence-corrected chi connectivity index (χ2v) is 9.25. The summed E-state index contributed by atoms with van der Waals surface area (Å²) in [6.45, 7) is 2.92. The zero-order valence-corrected chi connectivity index (χ0v) is 19.0. The molecule has 0 radical (unpaired) electrons. The Morgan fingerprint density at radius 3 is 2.61 bits per heavy atom. The number of hydrogen-bond donors (Lipinski definition) is 1. The molecule has 0 amide bonds. The first-order chi connectivity index (χ1) is 15.8. The fourth-order valence-electron chi connectivity index (χ4n) is 3.80. The minimum atomic E-state index is -3.89. The maximum absolute atomic E-state index is 13.2. The number of esters is 1. The van der Waals surface area contributed by atoms with E-state index in [-0.39, 0.29) is 17.3 Å². The van der Waals surface area contributed by atoms with Gasteiger partial charge in [0.2, 0.25) is 0 Å². The lowest BCUT2D eigenvalue weighted by Gasteiger charge is -2.10. The molecule has 10 heteroatoms. The number of aryl methyl sites for hydroxylation is 1. The van der Waals surface area contributed by atoms with Crippen molar-refractivity contribution in [2.24, 2.45) is 0 Å². The fraction of sp³-hybridized carbons (Fsp3) is 0.217. The molecule has 0 saturated heterocycles. The van der Waals surface area contributed by atoms with Crippen LogP contribution in [-0.4, -0.2) is 35.6 Å². The molecule has 2 heterocycles. The largest absolute Gasteiger partial charge is 0.469 e. The smallest absolute Gasteiger partial charge is 0.307 e. The molecule has 172 valence electrons. The first-order valence-electron chi connectivity index (χ1n) is 10.2. The molecule has 4 aromatic rings. The second-order valence-electron chi connectivity index (χ2n) is 7.57. The number of carbonyl (C=O) groups is 1. The summed E-state index contributed by atoms with van der Waals surface area (Å²) in [6, 6.07) is 9.89. The van der Waals surface area contributed by atoms with E-state index in [9.17, 15) is 17.6 Å². The number of nitrogens with one attached hydrogen (secondary N) is 1. The molecule has 0 aliphatic carbocycles. The second kappa shape index (κ2) is 9.07. The van der Waals surface area contributed by atoms with Crippen LogP contribution in [0.1, 0.15) is 17.7 Å². The SMILES string of the molecule is COC(=O)CCn1c(C)c(Cn2ccnc2)c2cc(NS(=O)(=O)c3ccc(F)cc3)ccc21. The summed E-state index contributed by atoms with van der Waals surface area (Å²) >= 11 is 0. The van der Waals surface area contributed by atoms with Crippen LogP contribution >= 0.6 is 0 Å². The predicted molar refractivity (Wildman–Crippen MR) is 122 cm³/mol. The molecule has 2 aromatic heterocycles. The van der Waals surface area contributed by atoms with Crippen molar-refractivity contribution in [3.05, 3.63) is 78.3 Å². The molecule has 0 fully saturated rings. The maximum atomic E-state index is 13.2. The number of aromatic nitrogens is 3. The number of sulfonamides is 1. The summed E-state index contributed by atoms with van der Waals surface area (Å²) in [6.07, 6.45) is 5.45. The van der Waals surface area contributed by atoms with E-state index >= 15 is 0 Å². The Kier molecular flexibility index (Phi) is 6.19. The molecule has 8 nitrogen and oxygen atoms in total. The Bertz CT molecular complexity index is 1390. The zero-order valence-electron chi connectivity index (χ0n) is 18.2. The molecular formula is C23H23FN4O4S. The number of methoxy groups -OCH3 is 1. The number of rotatable bonds is 8. The standard InChI is InChI=1S/C23H23FN4O4S/c1-16-21(14-27-12-10-25-15-27)20-13-18(5-8-22(20)28(16)11-9-23(29)32-2)26-33(30,31)19-6-3-17(24)4-7-19/h3-8,10,12-13,15,26H,9,11,14H2,1-2H3. The minimum absolute atomic E-state index is 0.0329. The molecule has 2 aromatic carbocycles. The number of nitrogens with zero attached hydrogens (tertiary/aromatic N) is 3. The van der Waals surface area contributed by atoms with Crippen LogP contribution in [-0.2, 0) is 32.6 Å². The Labute approximate surface area is 190 Å². The van der Waals surface area contributed by atoms with Gasteiger partial charge in [-0.05, 0) is 49.4 Å². The first-order valence-corrected chi connectivity index (χ1v) is 11.7. The van der Waals surface area contributed by atoms with Crippen molar-refractivity contribution < 1.29 is 22.3 Å². The molecule has 0 atom stereocenters. The van der Waals surface area contributed by atoms with Gasteiger partial charge in [0.25, 0.3) is 10.0 Å². The van der Waals surface area contributed by atoms with Gasteiger partial charge in [0.05, 0.1) is 31.3 Å². The highest BCUT2D eigenvalue weighted by Crippen LogP contribution is 2.30. The van der Waals surface area contributed by atoms with Gasteiger partial charge in [-0.15, -0.1) is 0 Å². The highest BCUT2D eigenvalue weighted by molar-refractivity contribution is 7.92. The molecule has 0 aliphatic rings. The van der Waals surface area contributed by atoms with E-state index < -0.39 is 15.8 Å². The van der Waals surface area contributed by atoms with E-state index in [1.807, 2.05) is 28.3 Å².